The molecule has 3 heteroatoms. The molecular weight excluding hydrogens is 236 g/mol. The molecule has 0 amide bonds. The van der Waals surface area contributed by atoms with Gasteiger partial charge in [-0.1, -0.05) is 13.3 Å². The van der Waals surface area contributed by atoms with E-state index in [0.29, 0.717) is 6.04 Å². The molecule has 1 aliphatic heterocycles. The molecule has 1 saturated heterocycles. The molecule has 0 radical (unpaired) electrons. The van der Waals surface area contributed by atoms with E-state index in [9.17, 15) is 5.26 Å². The Morgan fingerprint density at radius 2 is 1.89 bits per heavy atom. The van der Waals surface area contributed by atoms with Crippen molar-refractivity contribution in [3.05, 3.63) is 0 Å². The molecular formula is C16H28N2O. The first-order valence-electron chi connectivity index (χ1n) is 7.92. The summed E-state index contributed by atoms with van der Waals surface area (Å²) in [6.45, 7) is 5.26. The molecule has 1 aliphatic carbocycles. The van der Waals surface area contributed by atoms with Crippen LogP contribution in [0.2, 0.25) is 0 Å². The van der Waals surface area contributed by atoms with Crippen molar-refractivity contribution < 1.29 is 4.74 Å². The molecule has 2 fully saturated rings. The monoisotopic (exact) mass is 264 g/mol. The van der Waals surface area contributed by atoms with E-state index in [1.165, 1.54) is 32.1 Å². The first kappa shape index (κ1) is 14.8. The predicted molar refractivity (Wildman–Crippen MR) is 76.7 cm³/mol. The predicted octanol–water partition coefficient (Wildman–Crippen LogP) is 3.06. The lowest BCUT2D eigenvalue weighted by atomic mass is 9.77. The average molecular weight is 264 g/mol. The van der Waals surface area contributed by atoms with Gasteiger partial charge in [-0.3, -0.25) is 0 Å². The van der Waals surface area contributed by atoms with E-state index in [2.05, 4.69) is 24.9 Å². The Hall–Kier alpha value is -0.590. The number of ether oxygens (including phenoxy) is 1. The zero-order valence-electron chi connectivity index (χ0n) is 12.5. The number of hydrogen-bond donors (Lipinski definition) is 0. The topological polar surface area (TPSA) is 36.3 Å². The Morgan fingerprint density at radius 3 is 2.53 bits per heavy atom. The van der Waals surface area contributed by atoms with Crippen LogP contribution in [0.1, 0.15) is 45.4 Å². The molecule has 2 aliphatic rings. The molecule has 0 aromatic carbocycles. The summed E-state index contributed by atoms with van der Waals surface area (Å²) in [6, 6.07) is 3.03. The van der Waals surface area contributed by atoms with Gasteiger partial charge in [0.1, 0.15) is 0 Å². The highest BCUT2D eigenvalue weighted by Gasteiger charge is 2.33. The minimum absolute atomic E-state index is 0.243. The maximum Gasteiger partial charge on any atom is 0.0672 e. The fourth-order valence-corrected chi connectivity index (χ4v) is 3.71. The van der Waals surface area contributed by atoms with E-state index in [1.54, 1.807) is 0 Å². The van der Waals surface area contributed by atoms with E-state index >= 15 is 0 Å². The molecule has 0 N–H and O–H groups in total. The van der Waals surface area contributed by atoms with Crippen LogP contribution in [0.5, 0.6) is 0 Å². The highest BCUT2D eigenvalue weighted by molar-refractivity contribution is 4.97. The standard InChI is InChI=1S/C16H28N2O/c1-3-13-4-5-15(11-17)16(10-13)18(2)12-14-6-8-19-9-7-14/h13-16H,3-10,12H2,1-2H3. The van der Waals surface area contributed by atoms with Crippen LogP contribution in [-0.4, -0.2) is 37.7 Å². The second kappa shape index (κ2) is 7.26. The van der Waals surface area contributed by atoms with Crippen LogP contribution >= 0.6 is 0 Å². The Morgan fingerprint density at radius 1 is 1.16 bits per heavy atom. The van der Waals surface area contributed by atoms with Crippen LogP contribution in [0.15, 0.2) is 0 Å². The van der Waals surface area contributed by atoms with Crippen molar-refractivity contribution in [2.24, 2.45) is 17.8 Å². The van der Waals surface area contributed by atoms with Crippen LogP contribution in [-0.2, 0) is 4.74 Å². The normalized spacial score (nSPS) is 33.3. The lowest BCUT2D eigenvalue weighted by Crippen LogP contribution is -2.44. The quantitative estimate of drug-likeness (QED) is 0.783. The van der Waals surface area contributed by atoms with Gasteiger partial charge in [0, 0.05) is 25.8 Å². The van der Waals surface area contributed by atoms with Crippen molar-refractivity contribution in [3.8, 4) is 6.07 Å². The molecule has 19 heavy (non-hydrogen) atoms. The summed E-state index contributed by atoms with van der Waals surface area (Å²) in [5.74, 6) is 1.83. The Bertz CT molecular complexity index is 306. The van der Waals surface area contributed by atoms with Crippen molar-refractivity contribution in [1.82, 2.24) is 4.90 Å². The minimum atomic E-state index is 0.243. The molecule has 3 unspecified atom stereocenters. The molecule has 1 heterocycles. The van der Waals surface area contributed by atoms with Crippen molar-refractivity contribution >= 4 is 0 Å². The highest BCUT2D eigenvalue weighted by atomic mass is 16.5. The van der Waals surface area contributed by atoms with Gasteiger partial charge in [-0.25, -0.2) is 0 Å². The number of rotatable bonds is 4. The van der Waals surface area contributed by atoms with E-state index in [-0.39, 0.29) is 5.92 Å². The fraction of sp³-hybridized carbons (Fsp3) is 0.938. The molecule has 3 atom stereocenters. The van der Waals surface area contributed by atoms with E-state index in [1.807, 2.05) is 0 Å². The summed E-state index contributed by atoms with van der Waals surface area (Å²) in [7, 11) is 2.22. The summed E-state index contributed by atoms with van der Waals surface area (Å²) < 4.78 is 5.43. The highest BCUT2D eigenvalue weighted by Crippen LogP contribution is 2.34. The summed E-state index contributed by atoms with van der Waals surface area (Å²) in [5.41, 5.74) is 0. The molecule has 0 bridgehead atoms. The van der Waals surface area contributed by atoms with Crippen LogP contribution < -0.4 is 0 Å². The Balaban J connectivity index is 1.90. The van der Waals surface area contributed by atoms with Crippen LogP contribution in [0.3, 0.4) is 0 Å². The fourth-order valence-electron chi connectivity index (χ4n) is 3.71. The maximum absolute atomic E-state index is 9.38. The van der Waals surface area contributed by atoms with Gasteiger partial charge in [0.15, 0.2) is 0 Å². The maximum atomic E-state index is 9.38. The van der Waals surface area contributed by atoms with Crippen molar-refractivity contribution in [3.63, 3.8) is 0 Å². The largest absolute Gasteiger partial charge is 0.381 e. The van der Waals surface area contributed by atoms with Gasteiger partial charge in [-0.15, -0.1) is 0 Å². The average Bonchev–Trinajstić information content (AvgIpc) is 2.47. The second-order valence-electron chi connectivity index (χ2n) is 6.39. The van der Waals surface area contributed by atoms with Gasteiger partial charge < -0.3 is 9.64 Å². The Kier molecular flexibility index (Phi) is 5.66. The lowest BCUT2D eigenvalue weighted by molar-refractivity contribution is 0.0392. The summed E-state index contributed by atoms with van der Waals surface area (Å²) in [6.07, 6.45) is 7.19. The summed E-state index contributed by atoms with van der Waals surface area (Å²) in [5, 5.41) is 9.38. The van der Waals surface area contributed by atoms with E-state index < -0.39 is 0 Å². The van der Waals surface area contributed by atoms with Gasteiger partial charge in [0.2, 0.25) is 0 Å². The first-order chi connectivity index (χ1) is 9.24. The summed E-state index contributed by atoms with van der Waals surface area (Å²) in [4.78, 5) is 2.48. The zero-order chi connectivity index (χ0) is 13.7. The SMILES string of the molecule is CCC1CCC(C#N)C(N(C)CC2CCOCC2)C1. The lowest BCUT2D eigenvalue weighted by Gasteiger charge is -2.40. The molecule has 3 nitrogen and oxygen atoms in total. The summed E-state index contributed by atoms with van der Waals surface area (Å²) >= 11 is 0. The van der Waals surface area contributed by atoms with Crippen LogP contribution in [0.25, 0.3) is 0 Å². The first-order valence-corrected chi connectivity index (χ1v) is 7.92. The van der Waals surface area contributed by atoms with Gasteiger partial charge in [0.25, 0.3) is 0 Å². The van der Waals surface area contributed by atoms with Gasteiger partial charge in [0.05, 0.1) is 12.0 Å². The van der Waals surface area contributed by atoms with Crippen molar-refractivity contribution in [2.75, 3.05) is 26.8 Å². The third kappa shape index (κ3) is 3.94. The number of nitrogens with zero attached hydrogens (tertiary/aromatic N) is 2. The minimum Gasteiger partial charge on any atom is -0.381 e. The van der Waals surface area contributed by atoms with Crippen molar-refractivity contribution in [1.29, 1.82) is 5.26 Å². The molecule has 0 aromatic rings. The molecule has 0 aromatic heterocycles. The smallest absolute Gasteiger partial charge is 0.0672 e. The van der Waals surface area contributed by atoms with E-state index in [0.717, 1.165) is 38.0 Å². The van der Waals surface area contributed by atoms with E-state index in [4.69, 9.17) is 4.74 Å². The van der Waals surface area contributed by atoms with Gasteiger partial charge in [-0.2, -0.15) is 5.26 Å². The molecule has 1 saturated carbocycles. The zero-order valence-corrected chi connectivity index (χ0v) is 12.5. The second-order valence-corrected chi connectivity index (χ2v) is 6.39. The van der Waals surface area contributed by atoms with Crippen molar-refractivity contribution in [2.45, 2.75) is 51.5 Å². The molecule has 0 spiro atoms. The van der Waals surface area contributed by atoms with Gasteiger partial charge in [-0.05, 0) is 51.0 Å². The molecule has 2 rings (SSSR count). The van der Waals surface area contributed by atoms with Crippen LogP contribution in [0, 0.1) is 29.1 Å². The molecule has 108 valence electrons. The Labute approximate surface area is 117 Å². The van der Waals surface area contributed by atoms with Gasteiger partial charge >= 0.3 is 0 Å². The third-order valence-electron chi connectivity index (χ3n) is 5.12. The van der Waals surface area contributed by atoms with Crippen LogP contribution in [0.4, 0.5) is 0 Å². The number of hydrogen-bond acceptors (Lipinski definition) is 3. The number of nitriles is 1. The third-order valence-corrected chi connectivity index (χ3v) is 5.12.